The number of hydrogen-bond donors (Lipinski definition) is 1. The lowest BCUT2D eigenvalue weighted by atomic mass is 10.0. The molecule has 0 amide bonds. The monoisotopic (exact) mass is 155 g/mol. The van der Waals surface area contributed by atoms with Crippen LogP contribution in [0.3, 0.4) is 0 Å². The molecule has 0 fully saturated rings. The van der Waals surface area contributed by atoms with Crippen LogP contribution in [0.2, 0.25) is 0 Å². The molecule has 0 saturated heterocycles. The van der Waals surface area contributed by atoms with Gasteiger partial charge in [-0.05, 0) is 32.9 Å². The van der Waals surface area contributed by atoms with E-state index in [-0.39, 0.29) is 11.7 Å². The summed E-state index contributed by atoms with van der Waals surface area (Å²) in [5.41, 5.74) is 6.38. The van der Waals surface area contributed by atoms with Gasteiger partial charge in [0.25, 0.3) is 0 Å². The lowest BCUT2D eigenvalue weighted by Gasteiger charge is -2.04. The Hall–Kier alpha value is -0.630. The van der Waals surface area contributed by atoms with Crippen molar-refractivity contribution in [1.82, 2.24) is 0 Å². The van der Waals surface area contributed by atoms with Crippen LogP contribution in [-0.4, -0.2) is 12.3 Å². The number of carbonyl (C=O) groups is 1. The van der Waals surface area contributed by atoms with Gasteiger partial charge in [0.1, 0.15) is 0 Å². The lowest BCUT2D eigenvalue weighted by Crippen LogP contribution is -2.13. The summed E-state index contributed by atoms with van der Waals surface area (Å²) in [5, 5.41) is 0. The van der Waals surface area contributed by atoms with Gasteiger partial charge in [-0.3, -0.25) is 4.79 Å². The molecular weight excluding hydrogens is 138 g/mol. The zero-order chi connectivity index (χ0) is 8.85. The number of allylic oxidation sites excluding steroid dienone is 2. The summed E-state index contributed by atoms with van der Waals surface area (Å²) in [5.74, 6) is 0.269. The molecule has 1 unspecified atom stereocenters. The Balaban J connectivity index is 3.93. The number of nitrogens with two attached hydrogens (primary N) is 1. The fraction of sp³-hybridized carbons (Fsp3) is 0.667. The molecule has 0 aliphatic rings. The smallest absolute Gasteiger partial charge is 0.158 e. The maximum atomic E-state index is 11.2. The van der Waals surface area contributed by atoms with Crippen LogP contribution in [0.15, 0.2) is 11.6 Å². The summed E-state index contributed by atoms with van der Waals surface area (Å²) in [6.07, 6.45) is 2.46. The molecule has 0 aromatic carbocycles. The van der Waals surface area contributed by atoms with E-state index in [4.69, 9.17) is 5.73 Å². The van der Waals surface area contributed by atoms with Gasteiger partial charge in [0.15, 0.2) is 5.78 Å². The Morgan fingerprint density at radius 3 is 2.45 bits per heavy atom. The number of ketones is 1. The predicted octanol–water partition coefficient (Wildman–Crippen LogP) is 1.51. The summed E-state index contributed by atoms with van der Waals surface area (Å²) in [7, 11) is 0. The van der Waals surface area contributed by atoms with Crippen molar-refractivity contribution in [3.63, 3.8) is 0 Å². The van der Waals surface area contributed by atoms with Crippen LogP contribution in [0, 0.1) is 5.92 Å². The fourth-order valence-corrected chi connectivity index (χ4v) is 0.819. The number of hydrogen-bond acceptors (Lipinski definition) is 2. The van der Waals surface area contributed by atoms with Crippen molar-refractivity contribution in [2.75, 3.05) is 6.54 Å². The third kappa shape index (κ3) is 4.73. The standard InChI is InChI=1S/C9H17NO/c1-7(2)6-9(11)8(3)4-5-10/h6,8H,4-5,10H2,1-3H3. The maximum Gasteiger partial charge on any atom is 0.158 e. The highest BCUT2D eigenvalue weighted by atomic mass is 16.1. The second kappa shape index (κ2) is 5.08. The Morgan fingerprint density at radius 1 is 1.55 bits per heavy atom. The van der Waals surface area contributed by atoms with Crippen molar-refractivity contribution in [2.24, 2.45) is 11.7 Å². The summed E-state index contributed by atoms with van der Waals surface area (Å²) < 4.78 is 0. The van der Waals surface area contributed by atoms with Crippen LogP contribution >= 0.6 is 0 Å². The van der Waals surface area contributed by atoms with Gasteiger partial charge in [-0.25, -0.2) is 0 Å². The molecule has 0 aromatic rings. The molecule has 0 aliphatic heterocycles. The highest BCUT2D eigenvalue weighted by Crippen LogP contribution is 2.04. The van der Waals surface area contributed by atoms with Gasteiger partial charge >= 0.3 is 0 Å². The van der Waals surface area contributed by atoms with Gasteiger partial charge in [0.2, 0.25) is 0 Å². The summed E-state index contributed by atoms with van der Waals surface area (Å²) in [6, 6.07) is 0. The van der Waals surface area contributed by atoms with Crippen molar-refractivity contribution < 1.29 is 4.79 Å². The predicted molar refractivity (Wildman–Crippen MR) is 47.3 cm³/mol. The fourth-order valence-electron chi connectivity index (χ4n) is 0.819. The number of rotatable bonds is 4. The van der Waals surface area contributed by atoms with E-state index in [9.17, 15) is 4.79 Å². The molecule has 0 saturated carbocycles. The zero-order valence-corrected chi connectivity index (χ0v) is 7.55. The van der Waals surface area contributed by atoms with E-state index in [1.807, 2.05) is 20.8 Å². The SMILES string of the molecule is CC(C)=CC(=O)C(C)CCN. The van der Waals surface area contributed by atoms with E-state index < -0.39 is 0 Å². The molecule has 0 radical (unpaired) electrons. The van der Waals surface area contributed by atoms with Crippen LogP contribution in [0.4, 0.5) is 0 Å². The largest absolute Gasteiger partial charge is 0.330 e. The van der Waals surface area contributed by atoms with Crippen molar-refractivity contribution in [1.29, 1.82) is 0 Å². The highest BCUT2D eigenvalue weighted by molar-refractivity contribution is 5.91. The molecule has 0 rings (SSSR count). The summed E-state index contributed by atoms with van der Waals surface area (Å²) in [4.78, 5) is 11.2. The second-order valence-electron chi connectivity index (χ2n) is 3.10. The highest BCUT2D eigenvalue weighted by Gasteiger charge is 2.07. The molecule has 11 heavy (non-hydrogen) atoms. The Labute approximate surface area is 68.5 Å². The Bertz CT molecular complexity index is 157. The molecule has 0 bridgehead atoms. The van der Waals surface area contributed by atoms with Crippen LogP contribution < -0.4 is 5.73 Å². The van der Waals surface area contributed by atoms with Crippen molar-refractivity contribution in [3.8, 4) is 0 Å². The minimum absolute atomic E-state index is 0.0786. The number of carbonyl (C=O) groups excluding carboxylic acids is 1. The van der Waals surface area contributed by atoms with E-state index in [2.05, 4.69) is 0 Å². The summed E-state index contributed by atoms with van der Waals surface area (Å²) >= 11 is 0. The second-order valence-corrected chi connectivity index (χ2v) is 3.10. The van der Waals surface area contributed by atoms with E-state index in [0.717, 1.165) is 12.0 Å². The van der Waals surface area contributed by atoms with Crippen LogP contribution in [0.1, 0.15) is 27.2 Å². The average molecular weight is 155 g/mol. The first-order valence-electron chi connectivity index (χ1n) is 3.96. The van der Waals surface area contributed by atoms with Gasteiger partial charge < -0.3 is 5.73 Å². The molecular formula is C9H17NO. The zero-order valence-electron chi connectivity index (χ0n) is 7.55. The van der Waals surface area contributed by atoms with Gasteiger partial charge in [0.05, 0.1) is 0 Å². The summed E-state index contributed by atoms with van der Waals surface area (Å²) in [6.45, 7) is 6.35. The first kappa shape index (κ1) is 10.4. The molecule has 0 aliphatic carbocycles. The first-order valence-corrected chi connectivity index (χ1v) is 3.96. The van der Waals surface area contributed by atoms with Crippen LogP contribution in [0.25, 0.3) is 0 Å². The van der Waals surface area contributed by atoms with E-state index in [0.29, 0.717) is 6.54 Å². The Kier molecular flexibility index (Phi) is 4.79. The minimum Gasteiger partial charge on any atom is -0.330 e. The van der Waals surface area contributed by atoms with E-state index >= 15 is 0 Å². The molecule has 1 atom stereocenters. The van der Waals surface area contributed by atoms with Crippen molar-refractivity contribution >= 4 is 5.78 Å². The Morgan fingerprint density at radius 2 is 2.09 bits per heavy atom. The third-order valence-corrected chi connectivity index (χ3v) is 1.52. The van der Waals surface area contributed by atoms with E-state index in [1.54, 1.807) is 6.08 Å². The molecule has 64 valence electrons. The minimum atomic E-state index is 0.0786. The molecule has 0 heterocycles. The molecule has 0 aromatic heterocycles. The van der Waals surface area contributed by atoms with Gasteiger partial charge in [0, 0.05) is 5.92 Å². The first-order chi connectivity index (χ1) is 5.07. The quantitative estimate of drug-likeness (QED) is 0.625. The molecule has 2 nitrogen and oxygen atoms in total. The van der Waals surface area contributed by atoms with E-state index in [1.165, 1.54) is 0 Å². The lowest BCUT2D eigenvalue weighted by molar-refractivity contribution is -0.117. The van der Waals surface area contributed by atoms with Gasteiger partial charge in [-0.2, -0.15) is 0 Å². The average Bonchev–Trinajstić information content (AvgIpc) is 1.86. The van der Waals surface area contributed by atoms with Crippen molar-refractivity contribution in [3.05, 3.63) is 11.6 Å². The normalized spacial score (nSPS) is 12.4. The van der Waals surface area contributed by atoms with Crippen molar-refractivity contribution in [2.45, 2.75) is 27.2 Å². The van der Waals surface area contributed by atoms with Crippen LogP contribution in [-0.2, 0) is 4.79 Å². The molecule has 2 N–H and O–H groups in total. The van der Waals surface area contributed by atoms with Gasteiger partial charge in [-0.1, -0.05) is 12.5 Å². The maximum absolute atomic E-state index is 11.2. The third-order valence-electron chi connectivity index (χ3n) is 1.52. The van der Waals surface area contributed by atoms with Gasteiger partial charge in [-0.15, -0.1) is 0 Å². The topological polar surface area (TPSA) is 43.1 Å². The molecule has 0 spiro atoms. The molecule has 2 heteroatoms. The van der Waals surface area contributed by atoms with Crippen LogP contribution in [0.5, 0.6) is 0 Å².